The fourth-order valence-electron chi connectivity index (χ4n) is 3.63. The maximum absolute atomic E-state index is 15.4. The second-order valence-corrected chi connectivity index (χ2v) is 6.40. The number of aromatic amines is 1. The van der Waals surface area contributed by atoms with Crippen LogP contribution in [0.5, 0.6) is 0 Å². The van der Waals surface area contributed by atoms with Gasteiger partial charge in [-0.2, -0.15) is 0 Å². The molecule has 0 radical (unpaired) electrons. The third-order valence-electron chi connectivity index (χ3n) is 4.94. The topological polar surface area (TPSA) is 62.8 Å². The van der Waals surface area contributed by atoms with Crippen LogP contribution in [0, 0.1) is 5.82 Å². The summed E-state index contributed by atoms with van der Waals surface area (Å²) in [7, 11) is 0. The number of pyridine rings is 1. The van der Waals surface area contributed by atoms with Crippen molar-refractivity contribution in [3.63, 3.8) is 0 Å². The zero-order chi connectivity index (χ0) is 15.9. The molecule has 0 amide bonds. The molecule has 2 saturated heterocycles. The van der Waals surface area contributed by atoms with Crippen LogP contribution in [0.15, 0.2) is 6.20 Å². The summed E-state index contributed by atoms with van der Waals surface area (Å²) in [6, 6.07) is 0. The maximum atomic E-state index is 15.4. The largest absolute Gasteiger partial charge is 0.381 e. The molecule has 24 heavy (non-hydrogen) atoms. The molecule has 0 spiro atoms. The standard InChI is InChI=1S/C16H20F2N4O.ClH/c17-11-9-20-15-13(12(11)16(18)3-5-19-6-4-16)21-14(22-15)10-1-7-23-8-2-10;/h9-10,19H,1-8H2,(H,20,21,22);1H. The van der Waals surface area contributed by atoms with Gasteiger partial charge in [-0.3, -0.25) is 0 Å². The Morgan fingerprint density at radius 2 is 1.92 bits per heavy atom. The van der Waals surface area contributed by atoms with Crippen LogP contribution in [0.4, 0.5) is 8.78 Å². The molecule has 0 unspecified atom stereocenters. The van der Waals surface area contributed by atoms with E-state index in [-0.39, 0.29) is 36.7 Å². The van der Waals surface area contributed by atoms with Crippen LogP contribution in [0.3, 0.4) is 0 Å². The Bertz CT molecular complexity index is 711. The van der Waals surface area contributed by atoms with Crippen molar-refractivity contribution in [2.75, 3.05) is 26.3 Å². The van der Waals surface area contributed by atoms with Gasteiger partial charge in [-0.05, 0) is 38.8 Å². The highest BCUT2D eigenvalue weighted by Gasteiger charge is 2.39. The Morgan fingerprint density at radius 1 is 1.21 bits per heavy atom. The maximum Gasteiger partial charge on any atom is 0.178 e. The SMILES string of the molecule is Cl.Fc1cnc2nc(C3CCOCC3)[nH]c2c1C1(F)CCNCC1. The van der Waals surface area contributed by atoms with Crippen molar-refractivity contribution < 1.29 is 13.5 Å². The van der Waals surface area contributed by atoms with Crippen LogP contribution in [-0.2, 0) is 10.4 Å². The van der Waals surface area contributed by atoms with Crippen molar-refractivity contribution in [1.29, 1.82) is 0 Å². The Balaban J connectivity index is 0.00000169. The van der Waals surface area contributed by atoms with Crippen LogP contribution in [0.25, 0.3) is 11.2 Å². The zero-order valence-electron chi connectivity index (χ0n) is 13.3. The average molecular weight is 359 g/mol. The lowest BCUT2D eigenvalue weighted by Gasteiger charge is -2.30. The van der Waals surface area contributed by atoms with Gasteiger partial charge in [0.2, 0.25) is 0 Å². The van der Waals surface area contributed by atoms with Crippen molar-refractivity contribution in [2.24, 2.45) is 0 Å². The smallest absolute Gasteiger partial charge is 0.178 e. The Hall–Kier alpha value is -1.31. The van der Waals surface area contributed by atoms with E-state index in [2.05, 4.69) is 20.3 Å². The predicted molar refractivity (Wildman–Crippen MR) is 88.8 cm³/mol. The number of nitrogens with one attached hydrogen (secondary N) is 2. The molecule has 0 bridgehead atoms. The Labute approximate surface area is 145 Å². The minimum atomic E-state index is -1.67. The molecule has 0 saturated carbocycles. The van der Waals surface area contributed by atoms with Crippen molar-refractivity contribution in [3.8, 4) is 0 Å². The summed E-state index contributed by atoms with van der Waals surface area (Å²) in [6.07, 6.45) is 3.34. The zero-order valence-corrected chi connectivity index (χ0v) is 14.1. The van der Waals surface area contributed by atoms with Crippen molar-refractivity contribution >= 4 is 23.6 Å². The number of rotatable bonds is 2. The summed E-state index contributed by atoms with van der Waals surface area (Å²) in [5.41, 5.74) is -0.764. The number of piperidine rings is 1. The molecule has 5 nitrogen and oxygen atoms in total. The van der Waals surface area contributed by atoms with Crippen molar-refractivity contribution in [3.05, 3.63) is 23.4 Å². The van der Waals surface area contributed by atoms with Crippen LogP contribution < -0.4 is 5.32 Å². The summed E-state index contributed by atoms with van der Waals surface area (Å²) in [4.78, 5) is 11.7. The number of fused-ring (bicyclic) bond motifs is 1. The van der Waals surface area contributed by atoms with Crippen molar-refractivity contribution in [1.82, 2.24) is 20.3 Å². The van der Waals surface area contributed by atoms with Gasteiger partial charge in [-0.1, -0.05) is 0 Å². The number of H-pyrrole nitrogens is 1. The summed E-state index contributed by atoms with van der Waals surface area (Å²) >= 11 is 0. The van der Waals surface area contributed by atoms with E-state index in [1.54, 1.807) is 0 Å². The number of imidazole rings is 1. The van der Waals surface area contributed by atoms with Gasteiger partial charge in [0, 0.05) is 19.1 Å². The summed E-state index contributed by atoms with van der Waals surface area (Å²) in [5.74, 6) is 0.404. The molecule has 0 aliphatic carbocycles. The van der Waals surface area contributed by atoms with Crippen molar-refractivity contribution in [2.45, 2.75) is 37.3 Å². The molecule has 2 fully saturated rings. The van der Waals surface area contributed by atoms with Gasteiger partial charge in [-0.15, -0.1) is 12.4 Å². The van der Waals surface area contributed by atoms with E-state index in [0.29, 0.717) is 37.5 Å². The fourth-order valence-corrected chi connectivity index (χ4v) is 3.63. The van der Waals surface area contributed by atoms with E-state index < -0.39 is 11.5 Å². The van der Waals surface area contributed by atoms with Gasteiger partial charge in [0.1, 0.15) is 17.3 Å². The number of aromatic nitrogens is 3. The Kier molecular flexibility index (Phi) is 5.03. The number of halogens is 3. The lowest BCUT2D eigenvalue weighted by molar-refractivity contribution is 0.0838. The molecule has 2 aliphatic rings. The van der Waals surface area contributed by atoms with Crippen LogP contribution in [0.1, 0.15) is 43.0 Å². The molecular formula is C16H21ClF2N4O. The first kappa shape index (κ1) is 17.5. The lowest BCUT2D eigenvalue weighted by atomic mass is 9.86. The highest BCUT2D eigenvalue weighted by Crippen LogP contribution is 2.40. The van der Waals surface area contributed by atoms with Crippen LogP contribution in [-0.4, -0.2) is 41.3 Å². The molecular weight excluding hydrogens is 338 g/mol. The molecule has 4 rings (SSSR count). The number of ether oxygens (including phenoxy) is 1. The third-order valence-corrected chi connectivity index (χ3v) is 4.94. The van der Waals surface area contributed by atoms with E-state index >= 15 is 4.39 Å². The molecule has 2 aromatic heterocycles. The van der Waals surface area contributed by atoms with Gasteiger partial charge in [0.25, 0.3) is 0 Å². The van der Waals surface area contributed by atoms with Crippen LogP contribution in [0.2, 0.25) is 0 Å². The number of nitrogens with zero attached hydrogens (tertiary/aromatic N) is 2. The molecule has 0 atom stereocenters. The van der Waals surface area contributed by atoms with Gasteiger partial charge in [-0.25, -0.2) is 18.7 Å². The number of hydrogen-bond acceptors (Lipinski definition) is 4. The van der Waals surface area contributed by atoms with E-state index in [4.69, 9.17) is 4.74 Å². The second kappa shape index (κ2) is 6.90. The highest BCUT2D eigenvalue weighted by molar-refractivity contribution is 5.85. The Morgan fingerprint density at radius 3 is 2.62 bits per heavy atom. The van der Waals surface area contributed by atoms with Gasteiger partial charge in [0.05, 0.1) is 17.3 Å². The first-order valence-corrected chi connectivity index (χ1v) is 8.19. The lowest BCUT2D eigenvalue weighted by Crippen LogP contribution is -2.37. The average Bonchev–Trinajstić information content (AvgIpc) is 3.00. The highest BCUT2D eigenvalue weighted by atomic mass is 35.5. The quantitative estimate of drug-likeness (QED) is 0.866. The fraction of sp³-hybridized carbons (Fsp3) is 0.625. The second-order valence-electron chi connectivity index (χ2n) is 6.40. The molecule has 8 heteroatoms. The van der Waals surface area contributed by atoms with E-state index in [9.17, 15) is 4.39 Å². The molecule has 132 valence electrons. The monoisotopic (exact) mass is 358 g/mol. The van der Waals surface area contributed by atoms with Gasteiger partial charge < -0.3 is 15.0 Å². The van der Waals surface area contributed by atoms with Gasteiger partial charge >= 0.3 is 0 Å². The third kappa shape index (κ3) is 3.00. The number of hydrogen-bond donors (Lipinski definition) is 2. The molecule has 2 aliphatic heterocycles. The molecule has 0 aromatic carbocycles. The predicted octanol–water partition coefficient (Wildman–Crippen LogP) is 2.96. The summed E-state index contributed by atoms with van der Waals surface area (Å²) in [6.45, 7) is 2.46. The molecule has 4 heterocycles. The van der Waals surface area contributed by atoms with Gasteiger partial charge in [0.15, 0.2) is 5.65 Å². The normalized spacial score (nSPS) is 21.6. The van der Waals surface area contributed by atoms with Crippen LogP contribution >= 0.6 is 12.4 Å². The summed E-state index contributed by atoms with van der Waals surface area (Å²) in [5, 5.41) is 3.12. The first-order valence-electron chi connectivity index (χ1n) is 8.19. The summed E-state index contributed by atoms with van der Waals surface area (Å²) < 4.78 is 35.1. The van der Waals surface area contributed by atoms with E-state index in [1.807, 2.05) is 0 Å². The van der Waals surface area contributed by atoms with E-state index in [1.165, 1.54) is 0 Å². The van der Waals surface area contributed by atoms with E-state index in [0.717, 1.165) is 24.9 Å². The number of alkyl halides is 1. The molecule has 2 N–H and O–H groups in total. The minimum Gasteiger partial charge on any atom is -0.381 e. The molecule has 2 aromatic rings. The minimum absolute atomic E-state index is 0. The first-order chi connectivity index (χ1) is 11.2.